The zero-order chi connectivity index (χ0) is 11.1. The summed E-state index contributed by atoms with van der Waals surface area (Å²) in [6.07, 6.45) is 3.19. The quantitative estimate of drug-likeness (QED) is 0.794. The summed E-state index contributed by atoms with van der Waals surface area (Å²) >= 11 is 0. The lowest BCUT2D eigenvalue weighted by molar-refractivity contribution is 0.629. The van der Waals surface area contributed by atoms with Crippen molar-refractivity contribution in [2.24, 2.45) is 5.73 Å². The van der Waals surface area contributed by atoms with Crippen molar-refractivity contribution in [3.63, 3.8) is 0 Å². The van der Waals surface area contributed by atoms with E-state index in [1.807, 2.05) is 0 Å². The Balaban J connectivity index is 2.40. The predicted molar refractivity (Wildman–Crippen MR) is 61.6 cm³/mol. The van der Waals surface area contributed by atoms with Crippen LogP contribution in [0, 0.1) is 5.82 Å². The van der Waals surface area contributed by atoms with Gasteiger partial charge in [-0.15, -0.1) is 0 Å². The molecule has 0 unspecified atom stereocenters. The van der Waals surface area contributed by atoms with Crippen molar-refractivity contribution in [1.29, 1.82) is 0 Å². The lowest BCUT2D eigenvalue weighted by Crippen LogP contribution is -2.04. The smallest absolute Gasteiger partial charge is 0.123 e. The van der Waals surface area contributed by atoms with Gasteiger partial charge in [-0.25, -0.2) is 4.39 Å². The van der Waals surface area contributed by atoms with E-state index in [-0.39, 0.29) is 5.82 Å². The molecule has 0 spiro atoms. The van der Waals surface area contributed by atoms with Gasteiger partial charge in [0.25, 0.3) is 0 Å². The lowest BCUT2D eigenvalue weighted by Gasteiger charge is -2.10. The van der Waals surface area contributed by atoms with Crippen LogP contribution in [0.5, 0.6) is 0 Å². The van der Waals surface area contributed by atoms with Crippen LogP contribution in [0.15, 0.2) is 18.2 Å². The molecule has 1 heterocycles. The summed E-state index contributed by atoms with van der Waals surface area (Å²) < 4.78 is 13.2. The normalized spacial score (nSPS) is 14.4. The van der Waals surface area contributed by atoms with Crippen molar-refractivity contribution in [2.45, 2.75) is 25.8 Å². The van der Waals surface area contributed by atoms with Crippen LogP contribution in [0.1, 0.15) is 23.2 Å². The molecule has 0 radical (unpaired) electrons. The first kappa shape index (κ1) is 9.73. The lowest BCUT2D eigenvalue weighted by atomic mass is 10.0. The molecule has 16 heavy (non-hydrogen) atoms. The third-order valence-corrected chi connectivity index (χ3v) is 3.30. The van der Waals surface area contributed by atoms with E-state index in [0.29, 0.717) is 6.54 Å². The Morgan fingerprint density at radius 1 is 1.31 bits per heavy atom. The predicted octanol–water partition coefficient (Wildman–Crippen LogP) is 2.32. The number of aryl methyl sites for hydroxylation is 1. The Labute approximate surface area is 93.3 Å². The van der Waals surface area contributed by atoms with Crippen LogP contribution in [0.2, 0.25) is 0 Å². The van der Waals surface area contributed by atoms with Gasteiger partial charge < -0.3 is 5.73 Å². The SMILES string of the molecule is NCc1c2c(nc3ccc(F)cc13)CCC2. The molecule has 2 nitrogen and oxygen atoms in total. The van der Waals surface area contributed by atoms with E-state index in [4.69, 9.17) is 5.73 Å². The van der Waals surface area contributed by atoms with E-state index in [9.17, 15) is 4.39 Å². The molecule has 1 aliphatic rings. The van der Waals surface area contributed by atoms with E-state index < -0.39 is 0 Å². The fourth-order valence-electron chi connectivity index (χ4n) is 2.56. The molecule has 0 saturated heterocycles. The van der Waals surface area contributed by atoms with E-state index >= 15 is 0 Å². The van der Waals surface area contributed by atoms with Crippen molar-refractivity contribution in [3.05, 3.63) is 40.8 Å². The summed E-state index contributed by atoms with van der Waals surface area (Å²) in [5, 5.41) is 0.878. The Morgan fingerprint density at radius 3 is 3.00 bits per heavy atom. The van der Waals surface area contributed by atoms with Crippen LogP contribution in [0.4, 0.5) is 4.39 Å². The molecular weight excluding hydrogens is 203 g/mol. The zero-order valence-electron chi connectivity index (χ0n) is 8.96. The van der Waals surface area contributed by atoms with Crippen molar-refractivity contribution >= 4 is 10.9 Å². The number of nitrogens with two attached hydrogens (primary N) is 1. The van der Waals surface area contributed by atoms with Gasteiger partial charge in [-0.3, -0.25) is 4.98 Å². The first-order chi connectivity index (χ1) is 7.79. The number of pyridine rings is 1. The molecule has 2 N–H and O–H groups in total. The molecule has 1 aliphatic carbocycles. The first-order valence-electron chi connectivity index (χ1n) is 5.59. The molecule has 0 fully saturated rings. The summed E-state index contributed by atoms with van der Waals surface area (Å²) in [5.74, 6) is -0.220. The highest BCUT2D eigenvalue weighted by molar-refractivity contribution is 5.84. The van der Waals surface area contributed by atoms with Gasteiger partial charge in [0.05, 0.1) is 5.52 Å². The van der Waals surface area contributed by atoms with Crippen molar-refractivity contribution in [3.8, 4) is 0 Å². The number of aromatic nitrogens is 1. The number of benzene rings is 1. The molecular formula is C13H13FN2. The number of hydrogen-bond acceptors (Lipinski definition) is 2. The fourth-order valence-corrected chi connectivity index (χ4v) is 2.56. The molecule has 0 saturated carbocycles. The summed E-state index contributed by atoms with van der Waals surface area (Å²) in [6, 6.07) is 4.74. The van der Waals surface area contributed by atoms with Gasteiger partial charge in [0, 0.05) is 17.6 Å². The average molecular weight is 216 g/mol. The third-order valence-electron chi connectivity index (χ3n) is 3.30. The Hall–Kier alpha value is -1.48. The monoisotopic (exact) mass is 216 g/mol. The van der Waals surface area contributed by atoms with Crippen LogP contribution in [-0.2, 0) is 19.4 Å². The van der Waals surface area contributed by atoms with Gasteiger partial charge >= 0.3 is 0 Å². The zero-order valence-corrected chi connectivity index (χ0v) is 8.96. The fraction of sp³-hybridized carbons (Fsp3) is 0.308. The van der Waals surface area contributed by atoms with Crippen LogP contribution in [-0.4, -0.2) is 4.98 Å². The number of nitrogens with zero attached hydrogens (tertiary/aromatic N) is 1. The molecule has 82 valence electrons. The van der Waals surface area contributed by atoms with Gasteiger partial charge in [0.2, 0.25) is 0 Å². The minimum absolute atomic E-state index is 0.220. The van der Waals surface area contributed by atoms with Crippen molar-refractivity contribution < 1.29 is 4.39 Å². The highest BCUT2D eigenvalue weighted by atomic mass is 19.1. The minimum Gasteiger partial charge on any atom is -0.326 e. The summed E-state index contributed by atoms with van der Waals surface area (Å²) in [4.78, 5) is 4.58. The number of hydrogen-bond donors (Lipinski definition) is 1. The second-order valence-electron chi connectivity index (χ2n) is 4.23. The van der Waals surface area contributed by atoms with Crippen LogP contribution >= 0.6 is 0 Å². The largest absolute Gasteiger partial charge is 0.326 e. The minimum atomic E-state index is -0.220. The van der Waals surface area contributed by atoms with Crippen LogP contribution in [0.25, 0.3) is 10.9 Å². The second kappa shape index (κ2) is 3.52. The maximum Gasteiger partial charge on any atom is 0.123 e. The maximum atomic E-state index is 13.2. The van der Waals surface area contributed by atoms with Gasteiger partial charge in [-0.1, -0.05) is 0 Å². The standard InChI is InChI=1S/C13H13FN2/c14-8-4-5-13-10(6-8)11(7-15)9-2-1-3-12(9)16-13/h4-6H,1-3,7,15H2. The number of rotatable bonds is 1. The van der Waals surface area contributed by atoms with E-state index in [0.717, 1.165) is 41.4 Å². The molecule has 0 amide bonds. The summed E-state index contributed by atoms with van der Waals surface area (Å²) in [5.41, 5.74) is 10.1. The molecule has 2 aromatic rings. The average Bonchev–Trinajstić information content (AvgIpc) is 2.73. The molecule has 1 aromatic carbocycles. The highest BCUT2D eigenvalue weighted by Gasteiger charge is 2.18. The van der Waals surface area contributed by atoms with Crippen molar-refractivity contribution in [2.75, 3.05) is 0 Å². The van der Waals surface area contributed by atoms with Gasteiger partial charge in [0.1, 0.15) is 5.82 Å². The van der Waals surface area contributed by atoms with E-state index in [2.05, 4.69) is 4.98 Å². The summed E-state index contributed by atoms with van der Waals surface area (Å²) in [6.45, 7) is 0.463. The molecule has 0 aliphatic heterocycles. The first-order valence-corrected chi connectivity index (χ1v) is 5.59. The second-order valence-corrected chi connectivity index (χ2v) is 4.23. The Kier molecular flexibility index (Phi) is 2.14. The van der Waals surface area contributed by atoms with E-state index in [1.54, 1.807) is 12.1 Å². The maximum absolute atomic E-state index is 13.2. The topological polar surface area (TPSA) is 38.9 Å². The van der Waals surface area contributed by atoms with Crippen LogP contribution in [0.3, 0.4) is 0 Å². The molecule has 1 aromatic heterocycles. The Bertz CT molecular complexity index is 563. The number of fused-ring (bicyclic) bond motifs is 2. The van der Waals surface area contributed by atoms with Crippen LogP contribution < -0.4 is 5.73 Å². The Morgan fingerprint density at radius 2 is 2.19 bits per heavy atom. The van der Waals surface area contributed by atoms with E-state index in [1.165, 1.54) is 11.6 Å². The molecule has 3 rings (SSSR count). The molecule has 3 heteroatoms. The third kappa shape index (κ3) is 1.32. The van der Waals surface area contributed by atoms with Gasteiger partial charge in [0.15, 0.2) is 0 Å². The number of halogens is 1. The summed E-state index contributed by atoms with van der Waals surface area (Å²) in [7, 11) is 0. The highest BCUT2D eigenvalue weighted by Crippen LogP contribution is 2.29. The van der Waals surface area contributed by atoms with Gasteiger partial charge in [-0.2, -0.15) is 0 Å². The van der Waals surface area contributed by atoms with Crippen molar-refractivity contribution in [1.82, 2.24) is 4.98 Å². The van der Waals surface area contributed by atoms with Gasteiger partial charge in [-0.05, 0) is 48.6 Å². The molecule has 0 atom stereocenters. The molecule has 0 bridgehead atoms.